The van der Waals surface area contributed by atoms with E-state index in [1.165, 1.54) is 17.5 Å². The molecule has 2 nitrogen and oxygen atoms in total. The molecule has 0 unspecified atom stereocenters. The summed E-state index contributed by atoms with van der Waals surface area (Å²) >= 11 is 0. The van der Waals surface area contributed by atoms with Crippen LogP contribution in [0.25, 0.3) is 0 Å². The first-order chi connectivity index (χ1) is 7.74. The van der Waals surface area contributed by atoms with E-state index in [-0.39, 0.29) is 0 Å². The number of unbranched alkanes of at least 4 members (excludes halogenated alkanes) is 1. The van der Waals surface area contributed by atoms with Crippen molar-refractivity contribution in [2.24, 2.45) is 0 Å². The van der Waals surface area contributed by atoms with Crippen LogP contribution < -0.4 is 4.74 Å². The van der Waals surface area contributed by atoms with Crippen LogP contribution in [0.15, 0.2) is 18.2 Å². The van der Waals surface area contributed by atoms with Gasteiger partial charge in [-0.25, -0.2) is 0 Å². The summed E-state index contributed by atoms with van der Waals surface area (Å²) in [6.07, 6.45) is 2.31. The number of hydrogen-bond acceptors (Lipinski definition) is 2. The minimum atomic E-state index is 0.633. The summed E-state index contributed by atoms with van der Waals surface area (Å²) in [4.78, 5) is 0. The van der Waals surface area contributed by atoms with Gasteiger partial charge in [-0.05, 0) is 37.5 Å². The van der Waals surface area contributed by atoms with Crippen LogP contribution in [0.5, 0.6) is 5.75 Å². The van der Waals surface area contributed by atoms with Crippen molar-refractivity contribution in [3.05, 3.63) is 29.3 Å². The molecule has 0 radical (unpaired) electrons. The molecule has 90 valence electrons. The summed E-state index contributed by atoms with van der Waals surface area (Å²) < 4.78 is 11.1. The van der Waals surface area contributed by atoms with Crippen molar-refractivity contribution in [3.63, 3.8) is 0 Å². The highest BCUT2D eigenvalue weighted by Gasteiger charge is 1.99. The summed E-state index contributed by atoms with van der Waals surface area (Å²) in [6, 6.07) is 6.25. The predicted molar refractivity (Wildman–Crippen MR) is 67.1 cm³/mol. The molecule has 16 heavy (non-hydrogen) atoms. The lowest BCUT2D eigenvalue weighted by Gasteiger charge is -2.10. The Bertz CT molecular complexity index is 308. The first-order valence-electron chi connectivity index (χ1n) is 6.02. The highest BCUT2D eigenvalue weighted by Crippen LogP contribution is 2.18. The molecule has 0 bridgehead atoms. The summed E-state index contributed by atoms with van der Waals surface area (Å²) in [5.41, 5.74) is 2.41. The maximum absolute atomic E-state index is 5.67. The lowest BCUT2D eigenvalue weighted by Crippen LogP contribution is -2.08. The van der Waals surface area contributed by atoms with Gasteiger partial charge in [-0.2, -0.15) is 0 Å². The second-order valence-corrected chi connectivity index (χ2v) is 4.08. The summed E-state index contributed by atoms with van der Waals surface area (Å²) in [5.74, 6) is 0.971. The molecule has 0 amide bonds. The first kappa shape index (κ1) is 13.0. The maximum atomic E-state index is 5.67. The number of benzene rings is 1. The van der Waals surface area contributed by atoms with Crippen molar-refractivity contribution in [2.45, 2.75) is 33.6 Å². The molecule has 1 aromatic rings. The minimum Gasteiger partial charge on any atom is -0.491 e. The molecule has 0 aliphatic heterocycles. The average Bonchev–Trinajstić information content (AvgIpc) is 2.28. The molecule has 0 atom stereocenters. The van der Waals surface area contributed by atoms with Gasteiger partial charge in [-0.1, -0.05) is 25.5 Å². The van der Waals surface area contributed by atoms with E-state index < -0.39 is 0 Å². The molecule has 0 aliphatic rings. The lowest BCUT2D eigenvalue weighted by molar-refractivity contribution is 0.0978. The van der Waals surface area contributed by atoms with Crippen molar-refractivity contribution >= 4 is 0 Å². The Hall–Kier alpha value is -1.02. The van der Waals surface area contributed by atoms with Crippen molar-refractivity contribution < 1.29 is 9.47 Å². The van der Waals surface area contributed by atoms with E-state index in [2.05, 4.69) is 39.0 Å². The minimum absolute atomic E-state index is 0.633. The van der Waals surface area contributed by atoms with Gasteiger partial charge in [0.05, 0.1) is 6.61 Å². The zero-order valence-electron chi connectivity index (χ0n) is 10.6. The van der Waals surface area contributed by atoms with Crippen LogP contribution in [0.2, 0.25) is 0 Å². The van der Waals surface area contributed by atoms with Crippen LogP contribution in [0.4, 0.5) is 0 Å². The van der Waals surface area contributed by atoms with E-state index in [4.69, 9.17) is 9.47 Å². The summed E-state index contributed by atoms with van der Waals surface area (Å²) in [7, 11) is 0. The third-order valence-corrected chi connectivity index (χ3v) is 2.47. The Kier molecular flexibility index (Phi) is 5.94. The Labute approximate surface area is 98.6 Å². The maximum Gasteiger partial charge on any atom is 0.122 e. The Morgan fingerprint density at radius 1 is 1.06 bits per heavy atom. The molecule has 1 rings (SSSR count). The molecule has 0 saturated heterocycles. The predicted octanol–water partition coefficient (Wildman–Crippen LogP) is 3.50. The van der Waals surface area contributed by atoms with E-state index in [1.807, 2.05) is 0 Å². The lowest BCUT2D eigenvalue weighted by atomic mass is 10.1. The van der Waals surface area contributed by atoms with Crippen LogP contribution in [-0.4, -0.2) is 19.8 Å². The third-order valence-electron chi connectivity index (χ3n) is 2.47. The van der Waals surface area contributed by atoms with Gasteiger partial charge in [0.25, 0.3) is 0 Å². The van der Waals surface area contributed by atoms with E-state index in [0.29, 0.717) is 13.2 Å². The van der Waals surface area contributed by atoms with Gasteiger partial charge in [0.15, 0.2) is 0 Å². The van der Waals surface area contributed by atoms with Crippen LogP contribution in [0.3, 0.4) is 0 Å². The van der Waals surface area contributed by atoms with Gasteiger partial charge >= 0.3 is 0 Å². The van der Waals surface area contributed by atoms with Crippen LogP contribution in [0.1, 0.15) is 30.9 Å². The van der Waals surface area contributed by atoms with E-state index in [0.717, 1.165) is 18.8 Å². The summed E-state index contributed by atoms with van der Waals surface area (Å²) in [5, 5.41) is 0. The molecule has 0 saturated carbocycles. The summed E-state index contributed by atoms with van der Waals surface area (Å²) in [6.45, 7) is 8.45. The van der Waals surface area contributed by atoms with E-state index >= 15 is 0 Å². The quantitative estimate of drug-likeness (QED) is 0.657. The zero-order valence-corrected chi connectivity index (χ0v) is 10.6. The fourth-order valence-corrected chi connectivity index (χ4v) is 1.42. The van der Waals surface area contributed by atoms with Gasteiger partial charge in [-0.3, -0.25) is 0 Å². The highest BCUT2D eigenvalue weighted by molar-refractivity contribution is 5.35. The monoisotopic (exact) mass is 222 g/mol. The van der Waals surface area contributed by atoms with E-state index in [9.17, 15) is 0 Å². The van der Waals surface area contributed by atoms with Crippen LogP contribution in [-0.2, 0) is 4.74 Å². The van der Waals surface area contributed by atoms with Crippen molar-refractivity contribution in [3.8, 4) is 5.75 Å². The van der Waals surface area contributed by atoms with Gasteiger partial charge in [0.2, 0.25) is 0 Å². The number of hydrogen-bond donors (Lipinski definition) is 0. The standard InChI is InChI=1S/C14H22O2/c1-4-5-8-15-9-10-16-14-11-12(2)6-7-13(14)3/h6-7,11H,4-5,8-10H2,1-3H3. The van der Waals surface area contributed by atoms with Gasteiger partial charge in [-0.15, -0.1) is 0 Å². The number of rotatable bonds is 7. The highest BCUT2D eigenvalue weighted by atomic mass is 16.5. The van der Waals surface area contributed by atoms with Crippen molar-refractivity contribution in [2.75, 3.05) is 19.8 Å². The molecule has 2 heteroatoms. The molecular formula is C14H22O2. The Balaban J connectivity index is 2.23. The number of ether oxygens (including phenoxy) is 2. The Morgan fingerprint density at radius 2 is 1.88 bits per heavy atom. The fourth-order valence-electron chi connectivity index (χ4n) is 1.42. The van der Waals surface area contributed by atoms with Crippen LogP contribution in [0, 0.1) is 13.8 Å². The first-order valence-corrected chi connectivity index (χ1v) is 6.02. The van der Waals surface area contributed by atoms with Gasteiger partial charge in [0, 0.05) is 6.61 Å². The molecule has 1 aromatic carbocycles. The third kappa shape index (κ3) is 4.67. The number of aryl methyl sites for hydroxylation is 2. The molecule has 0 spiro atoms. The molecule has 0 fully saturated rings. The van der Waals surface area contributed by atoms with Crippen molar-refractivity contribution in [1.82, 2.24) is 0 Å². The van der Waals surface area contributed by atoms with Gasteiger partial charge < -0.3 is 9.47 Å². The molecule has 0 aliphatic carbocycles. The van der Waals surface area contributed by atoms with Gasteiger partial charge in [0.1, 0.15) is 12.4 Å². The topological polar surface area (TPSA) is 18.5 Å². The largest absolute Gasteiger partial charge is 0.491 e. The molecule has 0 aromatic heterocycles. The SMILES string of the molecule is CCCCOCCOc1cc(C)ccc1C. The average molecular weight is 222 g/mol. The smallest absolute Gasteiger partial charge is 0.122 e. The van der Waals surface area contributed by atoms with Crippen LogP contribution >= 0.6 is 0 Å². The second kappa shape index (κ2) is 7.29. The van der Waals surface area contributed by atoms with E-state index in [1.54, 1.807) is 0 Å². The second-order valence-electron chi connectivity index (χ2n) is 4.08. The normalized spacial score (nSPS) is 10.4. The van der Waals surface area contributed by atoms with Crippen molar-refractivity contribution in [1.29, 1.82) is 0 Å². The molecule has 0 N–H and O–H groups in total. The zero-order chi connectivity index (χ0) is 11.8. The molecule has 0 heterocycles. The fraction of sp³-hybridized carbons (Fsp3) is 0.571. The Morgan fingerprint density at radius 3 is 2.62 bits per heavy atom. The molecular weight excluding hydrogens is 200 g/mol.